The Morgan fingerprint density at radius 1 is 1.19 bits per heavy atom. The van der Waals surface area contributed by atoms with E-state index in [0.717, 1.165) is 34.4 Å². The molecule has 0 saturated heterocycles. The van der Waals surface area contributed by atoms with Crippen LogP contribution in [0.15, 0.2) is 16.6 Å². The molecule has 1 fully saturated rings. The maximum absolute atomic E-state index is 5.39. The third-order valence-corrected chi connectivity index (χ3v) is 5.60. The van der Waals surface area contributed by atoms with Crippen LogP contribution in [0.3, 0.4) is 0 Å². The van der Waals surface area contributed by atoms with Gasteiger partial charge in [-0.05, 0) is 42.4 Å². The monoisotopic (exact) mass is 355 g/mol. The number of benzene rings is 1. The average Bonchev–Trinajstić information content (AvgIpc) is 2.85. The van der Waals surface area contributed by atoms with Gasteiger partial charge in [0.25, 0.3) is 0 Å². The molecule has 0 spiro atoms. The molecule has 1 aliphatic rings. The second kappa shape index (κ2) is 7.50. The van der Waals surface area contributed by atoms with Crippen molar-refractivity contribution in [1.29, 1.82) is 0 Å². The van der Waals surface area contributed by atoms with Crippen LogP contribution >= 0.6 is 15.9 Å². The summed E-state index contributed by atoms with van der Waals surface area (Å²) < 4.78 is 11.8. The molecule has 1 aromatic rings. The van der Waals surface area contributed by atoms with Gasteiger partial charge in [-0.1, -0.05) is 36.2 Å². The van der Waals surface area contributed by atoms with Crippen molar-refractivity contribution in [1.82, 2.24) is 5.32 Å². The lowest BCUT2D eigenvalue weighted by molar-refractivity contribution is 0.342. The second-order valence-corrected chi connectivity index (χ2v) is 6.75. The van der Waals surface area contributed by atoms with E-state index in [1.54, 1.807) is 14.2 Å². The van der Waals surface area contributed by atoms with Gasteiger partial charge in [0.1, 0.15) is 0 Å². The Hall–Kier alpha value is -0.740. The van der Waals surface area contributed by atoms with Crippen molar-refractivity contribution >= 4 is 15.9 Å². The molecule has 4 heteroatoms. The van der Waals surface area contributed by atoms with Crippen LogP contribution < -0.4 is 14.8 Å². The van der Waals surface area contributed by atoms with Crippen LogP contribution in [0.4, 0.5) is 0 Å². The van der Waals surface area contributed by atoms with Crippen molar-refractivity contribution in [3.63, 3.8) is 0 Å². The summed E-state index contributed by atoms with van der Waals surface area (Å²) in [5.74, 6) is 3.17. The van der Waals surface area contributed by atoms with Gasteiger partial charge in [-0.15, -0.1) is 0 Å². The number of ether oxygens (including phenoxy) is 2. The van der Waals surface area contributed by atoms with Gasteiger partial charge in [0, 0.05) is 17.1 Å². The van der Waals surface area contributed by atoms with E-state index in [2.05, 4.69) is 35.1 Å². The number of hydrogen-bond acceptors (Lipinski definition) is 3. The second-order valence-electron chi connectivity index (χ2n) is 5.89. The van der Waals surface area contributed by atoms with E-state index in [9.17, 15) is 0 Å². The molecule has 1 aliphatic carbocycles. The third-order valence-electron chi connectivity index (χ3n) is 4.86. The number of methoxy groups -OCH3 is 2. The third kappa shape index (κ3) is 3.72. The molecule has 0 aliphatic heterocycles. The molecule has 0 bridgehead atoms. The van der Waals surface area contributed by atoms with Gasteiger partial charge >= 0.3 is 0 Å². The lowest BCUT2D eigenvalue weighted by atomic mass is 9.93. The minimum absolute atomic E-state index is 0.620. The Balaban J connectivity index is 2.03. The Morgan fingerprint density at radius 2 is 1.86 bits per heavy atom. The lowest BCUT2D eigenvalue weighted by Gasteiger charge is -2.21. The van der Waals surface area contributed by atoms with Gasteiger partial charge in [-0.25, -0.2) is 0 Å². The zero-order valence-corrected chi connectivity index (χ0v) is 15.0. The van der Waals surface area contributed by atoms with E-state index in [0.29, 0.717) is 6.04 Å². The van der Waals surface area contributed by atoms with E-state index < -0.39 is 0 Å². The van der Waals surface area contributed by atoms with Crippen molar-refractivity contribution in [2.24, 2.45) is 11.8 Å². The van der Waals surface area contributed by atoms with Crippen molar-refractivity contribution in [3.8, 4) is 11.5 Å². The average molecular weight is 356 g/mol. The van der Waals surface area contributed by atoms with Gasteiger partial charge in [0.15, 0.2) is 11.5 Å². The van der Waals surface area contributed by atoms with Crippen LogP contribution in [-0.2, 0) is 6.54 Å². The van der Waals surface area contributed by atoms with Crippen molar-refractivity contribution in [2.75, 3.05) is 14.2 Å². The van der Waals surface area contributed by atoms with Gasteiger partial charge in [-0.3, -0.25) is 0 Å². The minimum Gasteiger partial charge on any atom is -0.493 e. The molecule has 3 unspecified atom stereocenters. The first kappa shape index (κ1) is 16.6. The molecule has 2 rings (SSSR count). The Labute approximate surface area is 136 Å². The molecule has 3 nitrogen and oxygen atoms in total. The van der Waals surface area contributed by atoms with Crippen LogP contribution in [0.25, 0.3) is 0 Å². The van der Waals surface area contributed by atoms with Gasteiger partial charge in [0.2, 0.25) is 0 Å². The van der Waals surface area contributed by atoms with E-state index in [4.69, 9.17) is 9.47 Å². The molecule has 0 radical (unpaired) electrons. The smallest absolute Gasteiger partial charge is 0.161 e. The SMILES string of the molecule is CCC1CCC(NCc2cc(OC)c(OC)cc2Br)C1C. The molecule has 0 heterocycles. The molecular formula is C17H26BrNO2. The maximum Gasteiger partial charge on any atom is 0.161 e. The topological polar surface area (TPSA) is 30.5 Å². The summed E-state index contributed by atoms with van der Waals surface area (Å²) in [6.07, 6.45) is 3.92. The molecule has 3 atom stereocenters. The highest BCUT2D eigenvalue weighted by molar-refractivity contribution is 9.10. The zero-order chi connectivity index (χ0) is 15.4. The molecule has 21 heavy (non-hydrogen) atoms. The fraction of sp³-hybridized carbons (Fsp3) is 0.647. The summed E-state index contributed by atoms with van der Waals surface area (Å²) in [4.78, 5) is 0. The molecule has 1 aromatic carbocycles. The number of hydrogen-bond donors (Lipinski definition) is 1. The lowest BCUT2D eigenvalue weighted by Crippen LogP contribution is -2.32. The van der Waals surface area contributed by atoms with Crippen LogP contribution in [0, 0.1) is 11.8 Å². The summed E-state index contributed by atoms with van der Waals surface area (Å²) >= 11 is 3.63. The predicted octanol–water partition coefficient (Wildman–Crippen LogP) is 4.38. The quantitative estimate of drug-likeness (QED) is 0.821. The highest BCUT2D eigenvalue weighted by Crippen LogP contribution is 2.36. The Morgan fingerprint density at radius 3 is 2.43 bits per heavy atom. The van der Waals surface area contributed by atoms with Crippen molar-refractivity contribution < 1.29 is 9.47 Å². The van der Waals surface area contributed by atoms with E-state index in [1.165, 1.54) is 24.8 Å². The van der Waals surface area contributed by atoms with E-state index >= 15 is 0 Å². The molecule has 118 valence electrons. The zero-order valence-electron chi connectivity index (χ0n) is 13.4. The minimum atomic E-state index is 0.620. The van der Waals surface area contributed by atoms with Gasteiger partial charge in [-0.2, -0.15) is 0 Å². The van der Waals surface area contributed by atoms with Crippen molar-refractivity contribution in [3.05, 3.63) is 22.2 Å². The fourth-order valence-corrected chi connectivity index (χ4v) is 3.85. The highest BCUT2D eigenvalue weighted by Gasteiger charge is 2.31. The molecule has 1 saturated carbocycles. The molecular weight excluding hydrogens is 330 g/mol. The Bertz CT molecular complexity index is 478. The van der Waals surface area contributed by atoms with E-state index in [-0.39, 0.29) is 0 Å². The van der Waals surface area contributed by atoms with Gasteiger partial charge in [0.05, 0.1) is 14.2 Å². The number of halogens is 1. The molecule has 1 N–H and O–H groups in total. The van der Waals surface area contributed by atoms with Crippen molar-refractivity contribution in [2.45, 2.75) is 45.7 Å². The fourth-order valence-electron chi connectivity index (χ4n) is 3.38. The summed E-state index contributed by atoms with van der Waals surface area (Å²) in [6, 6.07) is 4.64. The normalized spacial score (nSPS) is 25.1. The molecule has 0 amide bonds. The summed E-state index contributed by atoms with van der Waals surface area (Å²) in [6.45, 7) is 5.53. The van der Waals surface area contributed by atoms with Gasteiger partial charge < -0.3 is 14.8 Å². The van der Waals surface area contributed by atoms with Crippen LogP contribution in [0.1, 0.15) is 38.7 Å². The summed E-state index contributed by atoms with van der Waals surface area (Å²) in [5.41, 5.74) is 1.21. The van der Waals surface area contributed by atoms with Crippen LogP contribution in [-0.4, -0.2) is 20.3 Å². The highest BCUT2D eigenvalue weighted by atomic mass is 79.9. The standard InChI is InChI=1S/C17H26BrNO2/c1-5-12-6-7-15(11(12)2)19-10-13-8-16(20-3)17(21-4)9-14(13)18/h8-9,11-12,15,19H,5-7,10H2,1-4H3. The first-order chi connectivity index (χ1) is 10.1. The van der Waals surface area contributed by atoms with Crippen LogP contribution in [0.5, 0.6) is 11.5 Å². The summed E-state index contributed by atoms with van der Waals surface area (Å²) in [5, 5.41) is 3.72. The van der Waals surface area contributed by atoms with E-state index in [1.807, 2.05) is 12.1 Å². The molecule has 0 aromatic heterocycles. The maximum atomic E-state index is 5.39. The number of nitrogens with one attached hydrogen (secondary N) is 1. The summed E-state index contributed by atoms with van der Waals surface area (Å²) in [7, 11) is 3.33. The Kier molecular flexibility index (Phi) is 5.94. The largest absolute Gasteiger partial charge is 0.493 e. The first-order valence-electron chi connectivity index (χ1n) is 7.74. The number of rotatable bonds is 6. The van der Waals surface area contributed by atoms with Crippen LogP contribution in [0.2, 0.25) is 0 Å². The predicted molar refractivity (Wildman–Crippen MR) is 90.1 cm³/mol. The first-order valence-corrected chi connectivity index (χ1v) is 8.53.